The molecule has 0 aliphatic heterocycles. The SMILES string of the molecule is CCCCCCCCCCc1cnc(-c2ccc(OC(=O)c3ccc(CCCCCCCCC)c(F)c3)cc2)nc1. The van der Waals surface area contributed by atoms with Gasteiger partial charge in [0.1, 0.15) is 11.6 Å². The fourth-order valence-electron chi connectivity index (χ4n) is 5.08. The van der Waals surface area contributed by atoms with Crippen LogP contribution in [0.15, 0.2) is 54.9 Å². The number of esters is 1. The highest BCUT2D eigenvalue weighted by Crippen LogP contribution is 2.22. The van der Waals surface area contributed by atoms with E-state index in [0.717, 1.165) is 30.4 Å². The van der Waals surface area contributed by atoms with Crippen LogP contribution >= 0.6 is 0 Å². The molecule has 0 amide bonds. The fraction of sp³-hybridized carbons (Fsp3) is 0.528. The topological polar surface area (TPSA) is 52.1 Å². The van der Waals surface area contributed by atoms with Crippen LogP contribution in [0.2, 0.25) is 0 Å². The Labute approximate surface area is 247 Å². The van der Waals surface area contributed by atoms with E-state index < -0.39 is 5.97 Å². The van der Waals surface area contributed by atoms with Crippen molar-refractivity contribution in [3.05, 3.63) is 77.4 Å². The molecular formula is C36H49FN2O2. The van der Waals surface area contributed by atoms with Crippen molar-refractivity contribution < 1.29 is 13.9 Å². The van der Waals surface area contributed by atoms with Gasteiger partial charge in [0.2, 0.25) is 0 Å². The zero-order valence-corrected chi connectivity index (χ0v) is 25.3. The molecule has 3 rings (SSSR count). The molecule has 0 N–H and O–H groups in total. The monoisotopic (exact) mass is 560 g/mol. The summed E-state index contributed by atoms with van der Waals surface area (Å²) in [6.07, 6.45) is 24.3. The van der Waals surface area contributed by atoms with Crippen molar-refractivity contribution in [3.63, 3.8) is 0 Å². The summed E-state index contributed by atoms with van der Waals surface area (Å²) in [6, 6.07) is 11.8. The summed E-state index contributed by atoms with van der Waals surface area (Å²) < 4.78 is 20.1. The van der Waals surface area contributed by atoms with E-state index in [2.05, 4.69) is 23.8 Å². The third kappa shape index (κ3) is 12.1. The first-order chi connectivity index (χ1) is 20.1. The molecule has 5 heteroatoms. The van der Waals surface area contributed by atoms with Gasteiger partial charge in [-0.05, 0) is 73.2 Å². The van der Waals surface area contributed by atoms with E-state index >= 15 is 0 Å². The summed E-state index contributed by atoms with van der Waals surface area (Å²) in [5, 5.41) is 0. The van der Waals surface area contributed by atoms with E-state index in [1.807, 2.05) is 24.5 Å². The average Bonchev–Trinajstić information content (AvgIpc) is 2.99. The Morgan fingerprint density at radius 3 is 1.78 bits per heavy atom. The number of benzene rings is 2. The molecule has 3 aromatic rings. The number of hydrogen-bond acceptors (Lipinski definition) is 4. The molecule has 0 aliphatic rings. The molecule has 2 aromatic carbocycles. The number of hydrogen-bond donors (Lipinski definition) is 0. The van der Waals surface area contributed by atoms with Crippen LogP contribution in [0.5, 0.6) is 5.75 Å². The maximum Gasteiger partial charge on any atom is 0.343 e. The molecule has 222 valence electrons. The lowest BCUT2D eigenvalue weighted by Crippen LogP contribution is -2.09. The summed E-state index contributed by atoms with van der Waals surface area (Å²) in [6.45, 7) is 4.47. The van der Waals surface area contributed by atoms with Gasteiger partial charge in [0.15, 0.2) is 5.82 Å². The van der Waals surface area contributed by atoms with Crippen LogP contribution in [0.1, 0.15) is 132 Å². The summed E-state index contributed by atoms with van der Waals surface area (Å²) in [5.74, 6) is 0.128. The highest BCUT2D eigenvalue weighted by molar-refractivity contribution is 5.91. The number of ether oxygens (including phenoxy) is 1. The molecule has 0 bridgehead atoms. The third-order valence-electron chi connectivity index (χ3n) is 7.69. The summed E-state index contributed by atoms with van der Waals surface area (Å²) >= 11 is 0. The van der Waals surface area contributed by atoms with E-state index in [1.54, 1.807) is 24.3 Å². The Balaban J connectivity index is 1.41. The lowest BCUT2D eigenvalue weighted by molar-refractivity contribution is 0.0734. The van der Waals surface area contributed by atoms with Crippen molar-refractivity contribution in [1.29, 1.82) is 0 Å². The van der Waals surface area contributed by atoms with Crippen molar-refractivity contribution in [2.24, 2.45) is 0 Å². The smallest absolute Gasteiger partial charge is 0.343 e. The van der Waals surface area contributed by atoms with Crippen molar-refractivity contribution in [2.75, 3.05) is 0 Å². The molecule has 1 aromatic heterocycles. The third-order valence-corrected chi connectivity index (χ3v) is 7.69. The molecule has 0 saturated heterocycles. The number of aromatic nitrogens is 2. The van der Waals surface area contributed by atoms with Crippen molar-refractivity contribution in [1.82, 2.24) is 9.97 Å². The summed E-state index contributed by atoms with van der Waals surface area (Å²) in [7, 11) is 0. The van der Waals surface area contributed by atoms with Gasteiger partial charge in [-0.2, -0.15) is 0 Å². The second kappa shape index (κ2) is 19.1. The Bertz CT molecular complexity index is 1150. The first-order valence-corrected chi connectivity index (χ1v) is 16.0. The maximum atomic E-state index is 14.6. The number of aryl methyl sites for hydroxylation is 2. The molecule has 0 unspecified atom stereocenters. The summed E-state index contributed by atoms with van der Waals surface area (Å²) in [4.78, 5) is 21.7. The van der Waals surface area contributed by atoms with E-state index in [1.165, 1.54) is 89.5 Å². The quantitative estimate of drug-likeness (QED) is 0.0783. The normalized spacial score (nSPS) is 11.1. The minimum Gasteiger partial charge on any atom is -0.423 e. The van der Waals surface area contributed by atoms with Gasteiger partial charge in [-0.25, -0.2) is 19.2 Å². The first-order valence-electron chi connectivity index (χ1n) is 16.0. The predicted molar refractivity (Wildman–Crippen MR) is 167 cm³/mol. The van der Waals surface area contributed by atoms with Crippen molar-refractivity contribution in [3.8, 4) is 17.1 Å². The van der Waals surface area contributed by atoms with Crippen LogP contribution < -0.4 is 4.74 Å². The van der Waals surface area contributed by atoms with Gasteiger partial charge in [-0.3, -0.25) is 0 Å². The number of carbonyl (C=O) groups is 1. The van der Waals surface area contributed by atoms with Crippen LogP contribution in [0.25, 0.3) is 11.4 Å². The van der Waals surface area contributed by atoms with Crippen LogP contribution in [0.3, 0.4) is 0 Å². The number of rotatable bonds is 20. The predicted octanol–water partition coefficient (Wildman–Crippen LogP) is 10.5. The highest BCUT2D eigenvalue weighted by Gasteiger charge is 2.13. The van der Waals surface area contributed by atoms with Crippen LogP contribution in [-0.4, -0.2) is 15.9 Å². The van der Waals surface area contributed by atoms with Gasteiger partial charge < -0.3 is 4.74 Å². The lowest BCUT2D eigenvalue weighted by Gasteiger charge is -2.08. The Hall–Kier alpha value is -3.08. The Morgan fingerprint density at radius 2 is 1.22 bits per heavy atom. The van der Waals surface area contributed by atoms with E-state index in [0.29, 0.717) is 23.6 Å². The van der Waals surface area contributed by atoms with E-state index in [-0.39, 0.29) is 11.4 Å². The molecule has 4 nitrogen and oxygen atoms in total. The van der Waals surface area contributed by atoms with Gasteiger partial charge in [-0.1, -0.05) is 103 Å². The van der Waals surface area contributed by atoms with Crippen LogP contribution in [0.4, 0.5) is 4.39 Å². The molecule has 0 spiro atoms. The minimum absolute atomic E-state index is 0.213. The number of unbranched alkanes of at least 4 members (excludes halogenated alkanes) is 13. The molecular weight excluding hydrogens is 511 g/mol. The van der Waals surface area contributed by atoms with Gasteiger partial charge in [0.25, 0.3) is 0 Å². The zero-order valence-electron chi connectivity index (χ0n) is 25.3. The van der Waals surface area contributed by atoms with Crippen LogP contribution in [-0.2, 0) is 12.8 Å². The number of carbonyl (C=O) groups excluding carboxylic acids is 1. The largest absolute Gasteiger partial charge is 0.423 e. The molecule has 41 heavy (non-hydrogen) atoms. The highest BCUT2D eigenvalue weighted by atomic mass is 19.1. The lowest BCUT2D eigenvalue weighted by atomic mass is 10.0. The molecule has 0 aliphatic carbocycles. The van der Waals surface area contributed by atoms with E-state index in [9.17, 15) is 9.18 Å². The number of halogens is 1. The van der Waals surface area contributed by atoms with Crippen molar-refractivity contribution >= 4 is 5.97 Å². The Morgan fingerprint density at radius 1 is 0.683 bits per heavy atom. The Kier molecular flexibility index (Phi) is 15.1. The van der Waals surface area contributed by atoms with Gasteiger partial charge in [0.05, 0.1) is 5.56 Å². The van der Waals surface area contributed by atoms with Crippen LogP contribution in [0, 0.1) is 5.82 Å². The number of nitrogens with zero attached hydrogens (tertiary/aromatic N) is 2. The fourth-order valence-corrected chi connectivity index (χ4v) is 5.08. The second-order valence-electron chi connectivity index (χ2n) is 11.2. The van der Waals surface area contributed by atoms with E-state index in [4.69, 9.17) is 4.74 Å². The minimum atomic E-state index is -0.569. The van der Waals surface area contributed by atoms with Gasteiger partial charge >= 0.3 is 5.97 Å². The molecule has 0 saturated carbocycles. The first kappa shape index (κ1) is 32.4. The maximum absolute atomic E-state index is 14.6. The van der Waals surface area contributed by atoms with Crippen molar-refractivity contribution in [2.45, 2.75) is 123 Å². The average molecular weight is 561 g/mol. The molecule has 1 heterocycles. The second-order valence-corrected chi connectivity index (χ2v) is 11.2. The molecule has 0 radical (unpaired) electrons. The summed E-state index contributed by atoms with van der Waals surface area (Å²) in [5.41, 5.74) is 2.88. The van der Waals surface area contributed by atoms with Gasteiger partial charge in [-0.15, -0.1) is 0 Å². The van der Waals surface area contributed by atoms with Gasteiger partial charge in [0, 0.05) is 18.0 Å². The zero-order chi connectivity index (χ0) is 29.1. The standard InChI is InChI=1S/C36H49FN2O2/c1-3-5-7-9-11-13-14-16-18-29-27-38-35(39-28-29)31-22-24-33(25-23-31)41-36(40)32-21-20-30(34(37)26-32)19-17-15-12-10-8-6-4-2/h20-28H,3-19H2,1-2H3. The molecule has 0 atom stereocenters. The molecule has 0 fully saturated rings.